The Balaban J connectivity index is 2.48. The fraction of sp³-hybridized carbons (Fsp3) is 0.440. The summed E-state index contributed by atoms with van der Waals surface area (Å²) in [7, 11) is -1.16. The van der Waals surface area contributed by atoms with Crippen molar-refractivity contribution in [3.8, 4) is 0 Å². The van der Waals surface area contributed by atoms with Gasteiger partial charge in [-0.1, -0.05) is 42.8 Å². The molecular formula is C25H35ClN4O4S. The van der Waals surface area contributed by atoms with E-state index < -0.39 is 28.7 Å². The van der Waals surface area contributed by atoms with Crippen LogP contribution in [0.25, 0.3) is 0 Å². The third kappa shape index (κ3) is 7.43. The smallest absolute Gasteiger partial charge is 0.304 e. The Morgan fingerprint density at radius 1 is 1.06 bits per heavy atom. The van der Waals surface area contributed by atoms with Gasteiger partial charge in [-0.25, -0.2) is 4.31 Å². The number of nitrogens with one attached hydrogen (secondary N) is 1. The standard InChI is InChI=1S/C25H35ClN4O4S/c1-7-14-27-25(32)20(4)29(16-21-10-12-22(26)13-11-21)24(31)17-30(35(33,34)28(5)6)23-15-18(2)8-9-19(23)3/h8-13,15,20H,7,14,16-17H2,1-6H3,(H,27,32)/t20-/m0/s1. The number of carbonyl (C=O) groups excluding carboxylic acids is 2. The van der Waals surface area contributed by atoms with Gasteiger partial charge in [0.1, 0.15) is 12.6 Å². The highest BCUT2D eigenvalue weighted by molar-refractivity contribution is 7.90. The van der Waals surface area contributed by atoms with Crippen molar-refractivity contribution >= 4 is 39.3 Å². The second-order valence-electron chi connectivity index (χ2n) is 8.70. The molecule has 0 fully saturated rings. The first kappa shape index (κ1) is 28.6. The van der Waals surface area contributed by atoms with Crippen molar-refractivity contribution in [2.24, 2.45) is 0 Å². The zero-order valence-electron chi connectivity index (χ0n) is 21.2. The van der Waals surface area contributed by atoms with Crippen molar-refractivity contribution in [3.63, 3.8) is 0 Å². The summed E-state index contributed by atoms with van der Waals surface area (Å²) in [6, 6.07) is 11.6. The highest BCUT2D eigenvalue weighted by atomic mass is 35.5. The summed E-state index contributed by atoms with van der Waals surface area (Å²) in [6.07, 6.45) is 0.755. The Kier molecular flexibility index (Phi) is 10.1. The van der Waals surface area contributed by atoms with Crippen LogP contribution in [0, 0.1) is 13.8 Å². The molecule has 8 nitrogen and oxygen atoms in total. The molecule has 2 amide bonds. The molecule has 0 heterocycles. The van der Waals surface area contributed by atoms with Crippen molar-refractivity contribution in [3.05, 3.63) is 64.2 Å². The van der Waals surface area contributed by atoms with Crippen LogP contribution in [0.5, 0.6) is 0 Å². The molecule has 2 rings (SSSR count). The minimum absolute atomic E-state index is 0.124. The lowest BCUT2D eigenvalue weighted by Gasteiger charge is -2.33. The second kappa shape index (κ2) is 12.4. The van der Waals surface area contributed by atoms with Gasteiger partial charge in [0.05, 0.1) is 5.69 Å². The molecule has 0 aliphatic carbocycles. The van der Waals surface area contributed by atoms with Gasteiger partial charge in [-0.05, 0) is 62.1 Å². The molecule has 10 heteroatoms. The van der Waals surface area contributed by atoms with E-state index in [4.69, 9.17) is 11.6 Å². The molecule has 192 valence electrons. The van der Waals surface area contributed by atoms with Crippen molar-refractivity contribution in [2.75, 3.05) is 31.5 Å². The number of anilines is 1. The SMILES string of the molecule is CCCNC(=O)[C@H](C)N(Cc1ccc(Cl)cc1)C(=O)CN(c1cc(C)ccc1C)S(=O)(=O)N(C)C. The van der Waals surface area contributed by atoms with Gasteiger partial charge in [0.25, 0.3) is 0 Å². The quantitative estimate of drug-likeness (QED) is 0.489. The summed E-state index contributed by atoms with van der Waals surface area (Å²) in [5, 5.41) is 3.37. The fourth-order valence-electron chi connectivity index (χ4n) is 3.45. The van der Waals surface area contributed by atoms with Crippen molar-refractivity contribution < 1.29 is 18.0 Å². The van der Waals surface area contributed by atoms with Crippen LogP contribution in [0.3, 0.4) is 0 Å². The van der Waals surface area contributed by atoms with Crippen LogP contribution in [0.4, 0.5) is 5.69 Å². The molecule has 2 aromatic carbocycles. The number of amides is 2. The highest BCUT2D eigenvalue weighted by Gasteiger charge is 2.33. The van der Waals surface area contributed by atoms with Crippen molar-refractivity contribution in [1.29, 1.82) is 0 Å². The minimum atomic E-state index is -4.00. The number of hydrogen-bond donors (Lipinski definition) is 1. The summed E-state index contributed by atoms with van der Waals surface area (Å²) >= 11 is 6.00. The number of hydrogen-bond acceptors (Lipinski definition) is 4. The Hall–Kier alpha value is -2.62. The number of nitrogens with zero attached hydrogens (tertiary/aromatic N) is 3. The largest absolute Gasteiger partial charge is 0.354 e. The third-order valence-corrected chi connectivity index (χ3v) is 7.69. The van der Waals surface area contributed by atoms with Crippen LogP contribution in [-0.4, -0.2) is 62.7 Å². The summed E-state index contributed by atoms with van der Waals surface area (Å²) in [5.41, 5.74) is 2.77. The first-order valence-corrected chi connectivity index (χ1v) is 13.2. The lowest BCUT2D eigenvalue weighted by atomic mass is 10.1. The number of rotatable bonds is 11. The van der Waals surface area contributed by atoms with Crippen molar-refractivity contribution in [1.82, 2.24) is 14.5 Å². The van der Waals surface area contributed by atoms with Gasteiger partial charge >= 0.3 is 10.2 Å². The molecule has 1 atom stereocenters. The van der Waals surface area contributed by atoms with Gasteiger partial charge in [0.2, 0.25) is 11.8 Å². The third-order valence-electron chi connectivity index (χ3n) is 5.63. The number of aryl methyl sites for hydroxylation is 2. The lowest BCUT2D eigenvalue weighted by molar-refractivity contribution is -0.139. The zero-order chi connectivity index (χ0) is 26.3. The first-order valence-electron chi connectivity index (χ1n) is 11.5. The molecule has 35 heavy (non-hydrogen) atoms. The predicted molar refractivity (Wildman–Crippen MR) is 141 cm³/mol. The van der Waals surface area contributed by atoms with E-state index in [2.05, 4.69) is 5.32 Å². The number of benzene rings is 2. The molecule has 0 spiro atoms. The van der Waals surface area contributed by atoms with Crippen LogP contribution < -0.4 is 9.62 Å². The van der Waals surface area contributed by atoms with Gasteiger partial charge in [-0.15, -0.1) is 0 Å². The number of carbonyl (C=O) groups is 2. The van der Waals surface area contributed by atoms with E-state index in [1.165, 1.54) is 19.0 Å². The Labute approximate surface area is 214 Å². The van der Waals surface area contributed by atoms with Gasteiger partial charge in [-0.3, -0.25) is 9.59 Å². The predicted octanol–water partition coefficient (Wildman–Crippen LogP) is 3.51. The molecule has 0 saturated heterocycles. The molecule has 0 aromatic heterocycles. The minimum Gasteiger partial charge on any atom is -0.354 e. The average Bonchev–Trinajstić information content (AvgIpc) is 2.81. The second-order valence-corrected chi connectivity index (χ2v) is 11.2. The van der Waals surface area contributed by atoms with Crippen LogP contribution in [-0.2, 0) is 26.3 Å². The van der Waals surface area contributed by atoms with Crippen molar-refractivity contribution in [2.45, 2.75) is 46.7 Å². The van der Waals surface area contributed by atoms with E-state index in [9.17, 15) is 18.0 Å². The van der Waals surface area contributed by atoms with Gasteiger partial charge in [0, 0.05) is 32.2 Å². The molecular weight excluding hydrogens is 488 g/mol. The van der Waals surface area contributed by atoms with Crippen LogP contribution in [0.15, 0.2) is 42.5 Å². The van der Waals surface area contributed by atoms with Crippen LogP contribution in [0.2, 0.25) is 5.02 Å². The molecule has 0 aliphatic rings. The molecule has 0 bridgehead atoms. The lowest BCUT2D eigenvalue weighted by Crippen LogP contribution is -2.52. The molecule has 0 aliphatic heterocycles. The summed E-state index contributed by atoms with van der Waals surface area (Å²) < 4.78 is 28.7. The monoisotopic (exact) mass is 522 g/mol. The maximum absolute atomic E-state index is 13.7. The van der Waals surface area contributed by atoms with Crippen LogP contribution in [0.1, 0.15) is 37.0 Å². The van der Waals surface area contributed by atoms with Crippen LogP contribution >= 0.6 is 11.6 Å². The van der Waals surface area contributed by atoms with E-state index >= 15 is 0 Å². The van der Waals surface area contributed by atoms with Gasteiger partial charge in [0.15, 0.2) is 0 Å². The van der Waals surface area contributed by atoms with E-state index in [1.54, 1.807) is 44.2 Å². The van der Waals surface area contributed by atoms with E-state index in [-0.39, 0.29) is 12.5 Å². The van der Waals surface area contributed by atoms with E-state index in [0.29, 0.717) is 22.8 Å². The Morgan fingerprint density at radius 3 is 2.26 bits per heavy atom. The first-order chi connectivity index (χ1) is 16.4. The topological polar surface area (TPSA) is 90.0 Å². The maximum atomic E-state index is 13.7. The Bertz CT molecular complexity index is 1140. The summed E-state index contributed by atoms with van der Waals surface area (Å²) in [4.78, 5) is 27.9. The molecule has 0 radical (unpaired) electrons. The summed E-state index contributed by atoms with van der Waals surface area (Å²) in [6.45, 7) is 7.39. The fourth-order valence-corrected chi connectivity index (χ4v) is 4.69. The molecule has 2 aromatic rings. The number of halogens is 1. The van der Waals surface area contributed by atoms with Gasteiger partial charge in [-0.2, -0.15) is 12.7 Å². The highest BCUT2D eigenvalue weighted by Crippen LogP contribution is 2.26. The molecule has 1 N–H and O–H groups in total. The normalized spacial score (nSPS) is 12.3. The van der Waals surface area contributed by atoms with Gasteiger partial charge < -0.3 is 10.2 Å². The summed E-state index contributed by atoms with van der Waals surface area (Å²) in [5.74, 6) is -0.798. The molecule has 0 unspecified atom stereocenters. The average molecular weight is 523 g/mol. The Morgan fingerprint density at radius 2 is 1.69 bits per heavy atom. The maximum Gasteiger partial charge on any atom is 0.304 e. The zero-order valence-corrected chi connectivity index (χ0v) is 22.8. The van der Waals surface area contributed by atoms with E-state index in [1.807, 2.05) is 26.0 Å². The van der Waals surface area contributed by atoms with E-state index in [0.717, 1.165) is 26.2 Å². The molecule has 0 saturated carbocycles.